The van der Waals surface area contributed by atoms with Crippen molar-refractivity contribution in [2.24, 2.45) is 0 Å². The molecule has 11 heteroatoms. The molecule has 39 heavy (non-hydrogen) atoms. The Bertz CT molecular complexity index is 1420. The number of hydrogen-bond acceptors (Lipinski definition) is 5. The second-order valence-electron chi connectivity index (χ2n) is 8.67. The zero-order valence-electron chi connectivity index (χ0n) is 20.4. The molecule has 0 spiro atoms. The van der Waals surface area contributed by atoms with E-state index in [0.29, 0.717) is 34.4 Å². The number of carbonyl (C=O) groups excluding carboxylic acids is 1. The number of halogens is 4. The van der Waals surface area contributed by atoms with Crippen molar-refractivity contribution in [1.82, 2.24) is 10.3 Å². The van der Waals surface area contributed by atoms with E-state index in [0.717, 1.165) is 29.0 Å². The minimum Gasteiger partial charge on any atom is -0.481 e. The summed E-state index contributed by atoms with van der Waals surface area (Å²) in [5.41, 5.74) is 2.84. The van der Waals surface area contributed by atoms with Gasteiger partial charge in [0.05, 0.1) is 17.7 Å². The minimum absolute atomic E-state index is 0.0246. The second kappa shape index (κ2) is 12.3. The van der Waals surface area contributed by atoms with Gasteiger partial charge in [0.2, 0.25) is 0 Å². The van der Waals surface area contributed by atoms with Crippen molar-refractivity contribution in [3.8, 4) is 11.3 Å². The number of carbonyl (C=O) groups is 2. The molecular formula is C28H23ClF3N3O3S. The Balaban J connectivity index is 1.55. The lowest BCUT2D eigenvalue weighted by Crippen LogP contribution is -2.26. The monoisotopic (exact) mass is 573 g/mol. The molecular weight excluding hydrogens is 551 g/mol. The van der Waals surface area contributed by atoms with Crippen LogP contribution in [0.2, 0.25) is 5.02 Å². The van der Waals surface area contributed by atoms with Crippen LogP contribution in [0.3, 0.4) is 0 Å². The standard InChI is InChI=1S/C28H23ClF3N3O3S/c29-23-11-7-20(8-12-23)24-17-39-27(34-24)35(16-19-3-9-22(10-4-19)28(30,31)32)15-18-1-5-21(6-2-18)26(38)33-14-13-25(36)37/h1-12,17H,13-16H2,(H,33,38)(H,36,37). The van der Waals surface area contributed by atoms with Gasteiger partial charge in [-0.3, -0.25) is 9.59 Å². The van der Waals surface area contributed by atoms with Crippen LogP contribution in [-0.4, -0.2) is 28.5 Å². The molecule has 4 rings (SSSR count). The zero-order chi connectivity index (χ0) is 28.0. The first-order chi connectivity index (χ1) is 18.6. The summed E-state index contributed by atoms with van der Waals surface area (Å²) in [6.45, 7) is 0.718. The molecule has 0 bridgehead atoms. The van der Waals surface area contributed by atoms with Crippen molar-refractivity contribution in [3.05, 3.63) is 105 Å². The van der Waals surface area contributed by atoms with Gasteiger partial charge < -0.3 is 15.3 Å². The van der Waals surface area contributed by atoms with E-state index >= 15 is 0 Å². The Labute approximate surface area is 231 Å². The van der Waals surface area contributed by atoms with Crippen LogP contribution in [-0.2, 0) is 24.1 Å². The Morgan fingerprint density at radius 1 is 0.923 bits per heavy atom. The molecule has 0 radical (unpaired) electrons. The molecule has 1 heterocycles. The molecule has 6 nitrogen and oxygen atoms in total. The van der Waals surface area contributed by atoms with Crippen LogP contribution < -0.4 is 10.2 Å². The van der Waals surface area contributed by atoms with E-state index in [9.17, 15) is 22.8 Å². The Kier molecular flexibility index (Phi) is 8.88. The fourth-order valence-corrected chi connectivity index (χ4v) is 4.70. The van der Waals surface area contributed by atoms with Gasteiger partial charge in [0.25, 0.3) is 5.91 Å². The van der Waals surface area contributed by atoms with Crippen LogP contribution in [0.5, 0.6) is 0 Å². The van der Waals surface area contributed by atoms with E-state index in [1.807, 2.05) is 22.4 Å². The van der Waals surface area contributed by atoms with Crippen LogP contribution in [0.15, 0.2) is 78.2 Å². The summed E-state index contributed by atoms with van der Waals surface area (Å²) in [5.74, 6) is -1.38. The summed E-state index contributed by atoms with van der Waals surface area (Å²) in [6, 6.07) is 19.1. The summed E-state index contributed by atoms with van der Waals surface area (Å²) in [7, 11) is 0. The fraction of sp³-hybridized carbons (Fsp3) is 0.179. The molecule has 0 fully saturated rings. The highest BCUT2D eigenvalue weighted by atomic mass is 35.5. The maximum Gasteiger partial charge on any atom is 0.416 e. The smallest absolute Gasteiger partial charge is 0.416 e. The molecule has 0 atom stereocenters. The Morgan fingerprint density at radius 3 is 2.08 bits per heavy atom. The highest BCUT2D eigenvalue weighted by Crippen LogP contribution is 2.32. The highest BCUT2D eigenvalue weighted by Gasteiger charge is 2.30. The molecule has 0 unspecified atom stereocenters. The number of nitrogens with zero attached hydrogens (tertiary/aromatic N) is 2. The number of carboxylic acids is 1. The molecule has 1 aromatic heterocycles. The number of alkyl halides is 3. The van der Waals surface area contributed by atoms with Crippen LogP contribution in [0.1, 0.15) is 33.5 Å². The molecule has 202 valence electrons. The number of aromatic nitrogens is 1. The summed E-state index contributed by atoms with van der Waals surface area (Å²) >= 11 is 7.41. The minimum atomic E-state index is -4.41. The van der Waals surface area contributed by atoms with E-state index in [2.05, 4.69) is 5.32 Å². The lowest BCUT2D eigenvalue weighted by molar-refractivity contribution is -0.138. The number of hydrogen-bond donors (Lipinski definition) is 2. The van der Waals surface area contributed by atoms with E-state index in [4.69, 9.17) is 21.7 Å². The van der Waals surface area contributed by atoms with Crippen molar-refractivity contribution in [1.29, 1.82) is 0 Å². The van der Waals surface area contributed by atoms with Gasteiger partial charge in [-0.25, -0.2) is 4.98 Å². The van der Waals surface area contributed by atoms with Gasteiger partial charge in [-0.15, -0.1) is 11.3 Å². The van der Waals surface area contributed by atoms with Crippen molar-refractivity contribution >= 4 is 39.9 Å². The lowest BCUT2D eigenvalue weighted by atomic mass is 10.1. The van der Waals surface area contributed by atoms with Crippen molar-refractivity contribution in [3.63, 3.8) is 0 Å². The van der Waals surface area contributed by atoms with Gasteiger partial charge in [-0.1, -0.05) is 48.0 Å². The van der Waals surface area contributed by atoms with E-state index in [1.165, 1.54) is 23.5 Å². The van der Waals surface area contributed by atoms with Crippen molar-refractivity contribution in [2.75, 3.05) is 11.4 Å². The number of thiazole rings is 1. The number of anilines is 1. The van der Waals surface area contributed by atoms with Gasteiger partial charge in [0.15, 0.2) is 5.13 Å². The van der Waals surface area contributed by atoms with Crippen LogP contribution in [0.4, 0.5) is 18.3 Å². The Hall–Kier alpha value is -3.89. The van der Waals surface area contributed by atoms with Gasteiger partial charge in [-0.2, -0.15) is 13.2 Å². The molecule has 2 N–H and O–H groups in total. The zero-order valence-corrected chi connectivity index (χ0v) is 22.0. The molecule has 0 aliphatic carbocycles. The third-order valence-electron chi connectivity index (χ3n) is 5.77. The normalized spacial score (nSPS) is 11.3. The quantitative estimate of drug-likeness (QED) is 0.216. The van der Waals surface area contributed by atoms with Crippen molar-refractivity contribution < 1.29 is 27.9 Å². The van der Waals surface area contributed by atoms with E-state index < -0.39 is 17.7 Å². The maximum atomic E-state index is 13.0. The second-order valence-corrected chi connectivity index (χ2v) is 9.94. The molecule has 4 aromatic rings. The fourth-order valence-electron chi connectivity index (χ4n) is 3.74. The average molecular weight is 574 g/mol. The lowest BCUT2D eigenvalue weighted by Gasteiger charge is -2.22. The van der Waals surface area contributed by atoms with Crippen LogP contribution in [0, 0.1) is 0 Å². The number of aliphatic carboxylic acids is 1. The third kappa shape index (κ3) is 7.81. The SMILES string of the molecule is O=C(O)CCNC(=O)c1ccc(CN(Cc2ccc(C(F)(F)F)cc2)c2nc(-c3ccc(Cl)cc3)cs2)cc1. The van der Waals surface area contributed by atoms with Gasteiger partial charge in [-0.05, 0) is 47.5 Å². The maximum absolute atomic E-state index is 13.0. The number of nitrogens with one attached hydrogen (secondary N) is 1. The number of benzene rings is 3. The summed E-state index contributed by atoms with van der Waals surface area (Å²) < 4.78 is 39.1. The third-order valence-corrected chi connectivity index (χ3v) is 6.92. The predicted octanol–water partition coefficient (Wildman–Crippen LogP) is 6.89. The first-order valence-corrected chi connectivity index (χ1v) is 13.1. The molecule has 0 aliphatic heterocycles. The molecule has 0 aliphatic rings. The first kappa shape index (κ1) is 28.1. The average Bonchev–Trinajstić information content (AvgIpc) is 3.39. The summed E-state index contributed by atoms with van der Waals surface area (Å²) in [6.07, 6.45) is -4.59. The van der Waals surface area contributed by atoms with E-state index in [-0.39, 0.29) is 18.9 Å². The molecule has 3 aromatic carbocycles. The molecule has 0 saturated carbocycles. The van der Waals surface area contributed by atoms with Gasteiger partial charge in [0, 0.05) is 41.2 Å². The predicted molar refractivity (Wildman–Crippen MR) is 145 cm³/mol. The molecule has 1 amide bonds. The summed E-state index contributed by atoms with van der Waals surface area (Å²) in [5, 5.41) is 14.5. The van der Waals surface area contributed by atoms with Crippen molar-refractivity contribution in [2.45, 2.75) is 25.7 Å². The topological polar surface area (TPSA) is 82.5 Å². The number of rotatable bonds is 10. The highest BCUT2D eigenvalue weighted by molar-refractivity contribution is 7.14. The van der Waals surface area contributed by atoms with Gasteiger partial charge >= 0.3 is 12.1 Å². The van der Waals surface area contributed by atoms with E-state index in [1.54, 1.807) is 36.4 Å². The number of carboxylic acid groups (broad SMARTS) is 1. The van der Waals surface area contributed by atoms with Crippen LogP contribution >= 0.6 is 22.9 Å². The largest absolute Gasteiger partial charge is 0.481 e. The Morgan fingerprint density at radius 2 is 1.51 bits per heavy atom. The van der Waals surface area contributed by atoms with Gasteiger partial charge in [0.1, 0.15) is 0 Å². The summed E-state index contributed by atoms with van der Waals surface area (Å²) in [4.78, 5) is 29.6. The first-order valence-electron chi connectivity index (χ1n) is 11.8. The molecule has 0 saturated heterocycles. The number of amides is 1. The van der Waals surface area contributed by atoms with Crippen LogP contribution in [0.25, 0.3) is 11.3 Å².